The third kappa shape index (κ3) is 5.62. The summed E-state index contributed by atoms with van der Waals surface area (Å²) in [7, 11) is 1.54. The van der Waals surface area contributed by atoms with E-state index in [1.807, 2.05) is 24.3 Å². The summed E-state index contributed by atoms with van der Waals surface area (Å²) in [6, 6.07) is 7.54. The fourth-order valence-electron chi connectivity index (χ4n) is 1.59. The number of benzene rings is 1. The standard InChI is InChI=1S/C13H18BrNO3/c1-18-9-12(8-16)15-13(17)6-5-10-3-2-4-11(14)7-10/h2-4,7,12,16H,5-6,8-9H2,1H3,(H,15,17). The van der Waals surface area contributed by atoms with Crippen LogP contribution in [0.3, 0.4) is 0 Å². The monoisotopic (exact) mass is 315 g/mol. The maximum Gasteiger partial charge on any atom is 0.220 e. The zero-order chi connectivity index (χ0) is 13.4. The van der Waals surface area contributed by atoms with Gasteiger partial charge in [0.25, 0.3) is 0 Å². The van der Waals surface area contributed by atoms with Gasteiger partial charge in [-0.15, -0.1) is 0 Å². The highest BCUT2D eigenvalue weighted by Crippen LogP contribution is 2.12. The molecular formula is C13H18BrNO3. The van der Waals surface area contributed by atoms with Crippen molar-refractivity contribution in [2.75, 3.05) is 20.3 Å². The van der Waals surface area contributed by atoms with Crippen molar-refractivity contribution in [1.82, 2.24) is 5.32 Å². The van der Waals surface area contributed by atoms with E-state index in [9.17, 15) is 4.79 Å². The van der Waals surface area contributed by atoms with Crippen LogP contribution in [0.1, 0.15) is 12.0 Å². The van der Waals surface area contributed by atoms with Crippen LogP contribution in [0.2, 0.25) is 0 Å². The van der Waals surface area contributed by atoms with Crippen LogP contribution in [-0.2, 0) is 16.0 Å². The highest BCUT2D eigenvalue weighted by atomic mass is 79.9. The van der Waals surface area contributed by atoms with Crippen molar-refractivity contribution in [3.8, 4) is 0 Å². The van der Waals surface area contributed by atoms with Crippen LogP contribution >= 0.6 is 15.9 Å². The molecule has 0 spiro atoms. The predicted octanol–water partition coefficient (Wildman–Crippen LogP) is 1.51. The van der Waals surface area contributed by atoms with Crippen molar-refractivity contribution in [2.45, 2.75) is 18.9 Å². The predicted molar refractivity (Wildman–Crippen MR) is 73.4 cm³/mol. The Morgan fingerprint density at radius 1 is 1.56 bits per heavy atom. The Morgan fingerprint density at radius 3 is 2.94 bits per heavy atom. The van der Waals surface area contributed by atoms with E-state index in [-0.39, 0.29) is 18.6 Å². The average molecular weight is 316 g/mol. The second kappa shape index (κ2) is 8.24. The van der Waals surface area contributed by atoms with Crippen LogP contribution in [0.25, 0.3) is 0 Å². The van der Waals surface area contributed by atoms with Crippen LogP contribution in [0, 0.1) is 0 Å². The second-order valence-electron chi connectivity index (χ2n) is 4.03. The molecule has 0 aliphatic carbocycles. The number of hydrogen-bond donors (Lipinski definition) is 2. The molecule has 0 aliphatic rings. The molecule has 0 aliphatic heterocycles. The van der Waals surface area contributed by atoms with Crippen molar-refractivity contribution in [2.24, 2.45) is 0 Å². The lowest BCUT2D eigenvalue weighted by molar-refractivity contribution is -0.122. The smallest absolute Gasteiger partial charge is 0.220 e. The Morgan fingerprint density at radius 2 is 2.33 bits per heavy atom. The molecule has 18 heavy (non-hydrogen) atoms. The van der Waals surface area contributed by atoms with E-state index in [0.717, 1.165) is 10.0 Å². The lowest BCUT2D eigenvalue weighted by Gasteiger charge is -2.15. The van der Waals surface area contributed by atoms with Crippen molar-refractivity contribution < 1.29 is 14.6 Å². The molecule has 2 N–H and O–H groups in total. The lowest BCUT2D eigenvalue weighted by Crippen LogP contribution is -2.40. The fourth-order valence-corrected chi connectivity index (χ4v) is 2.04. The first kappa shape index (κ1) is 15.1. The highest BCUT2D eigenvalue weighted by molar-refractivity contribution is 9.10. The lowest BCUT2D eigenvalue weighted by atomic mass is 10.1. The first-order chi connectivity index (χ1) is 8.65. The number of aliphatic hydroxyl groups is 1. The van der Waals surface area contributed by atoms with E-state index in [0.29, 0.717) is 19.4 Å². The van der Waals surface area contributed by atoms with Crippen molar-refractivity contribution in [1.29, 1.82) is 0 Å². The Hall–Kier alpha value is -0.910. The van der Waals surface area contributed by atoms with Gasteiger partial charge in [-0.05, 0) is 24.1 Å². The third-order valence-corrected chi connectivity index (χ3v) is 2.98. The molecule has 1 rings (SSSR count). The number of aliphatic hydroxyl groups excluding tert-OH is 1. The molecule has 1 amide bonds. The number of aryl methyl sites for hydroxylation is 1. The Bertz CT molecular complexity index is 384. The van der Waals surface area contributed by atoms with Gasteiger partial charge in [-0.3, -0.25) is 4.79 Å². The maximum atomic E-state index is 11.7. The summed E-state index contributed by atoms with van der Waals surface area (Å²) >= 11 is 3.39. The molecule has 0 saturated heterocycles. The summed E-state index contributed by atoms with van der Waals surface area (Å²) in [4.78, 5) is 11.7. The van der Waals surface area contributed by atoms with E-state index >= 15 is 0 Å². The minimum Gasteiger partial charge on any atom is -0.394 e. The number of carbonyl (C=O) groups is 1. The molecule has 0 bridgehead atoms. The van der Waals surface area contributed by atoms with Gasteiger partial charge in [-0.2, -0.15) is 0 Å². The summed E-state index contributed by atoms with van der Waals surface area (Å²) < 4.78 is 5.90. The van der Waals surface area contributed by atoms with Crippen LogP contribution in [-0.4, -0.2) is 37.4 Å². The summed E-state index contributed by atoms with van der Waals surface area (Å²) in [5, 5.41) is 11.8. The molecule has 5 heteroatoms. The minimum atomic E-state index is -0.329. The van der Waals surface area contributed by atoms with Gasteiger partial charge < -0.3 is 15.2 Å². The van der Waals surface area contributed by atoms with Gasteiger partial charge in [0.1, 0.15) is 0 Å². The molecule has 0 aromatic heterocycles. The number of amides is 1. The molecule has 1 unspecified atom stereocenters. The molecule has 0 heterocycles. The van der Waals surface area contributed by atoms with Gasteiger partial charge in [0.15, 0.2) is 0 Å². The summed E-state index contributed by atoms with van der Waals surface area (Å²) in [6.07, 6.45) is 1.08. The van der Waals surface area contributed by atoms with E-state index in [1.54, 1.807) is 0 Å². The zero-order valence-electron chi connectivity index (χ0n) is 10.4. The minimum absolute atomic E-state index is 0.0777. The van der Waals surface area contributed by atoms with Crippen molar-refractivity contribution >= 4 is 21.8 Å². The molecular weight excluding hydrogens is 298 g/mol. The first-order valence-electron chi connectivity index (χ1n) is 5.79. The summed E-state index contributed by atoms with van der Waals surface area (Å²) in [5.41, 5.74) is 1.10. The van der Waals surface area contributed by atoms with Gasteiger partial charge in [0, 0.05) is 18.0 Å². The number of hydrogen-bond acceptors (Lipinski definition) is 3. The van der Waals surface area contributed by atoms with Gasteiger partial charge in [0.2, 0.25) is 5.91 Å². The normalized spacial score (nSPS) is 12.2. The fraction of sp³-hybridized carbons (Fsp3) is 0.462. The molecule has 0 radical (unpaired) electrons. The van der Waals surface area contributed by atoms with Crippen molar-refractivity contribution in [3.05, 3.63) is 34.3 Å². The maximum absolute atomic E-state index is 11.7. The van der Waals surface area contributed by atoms with Crippen LogP contribution in [0.4, 0.5) is 0 Å². The molecule has 0 saturated carbocycles. The molecule has 1 aromatic carbocycles. The van der Waals surface area contributed by atoms with Gasteiger partial charge >= 0.3 is 0 Å². The first-order valence-corrected chi connectivity index (χ1v) is 6.58. The largest absolute Gasteiger partial charge is 0.394 e. The van der Waals surface area contributed by atoms with Crippen LogP contribution in [0.5, 0.6) is 0 Å². The number of halogens is 1. The van der Waals surface area contributed by atoms with E-state index in [2.05, 4.69) is 21.2 Å². The Kier molecular flexibility index (Phi) is 6.93. The van der Waals surface area contributed by atoms with E-state index < -0.39 is 0 Å². The number of ether oxygens (including phenoxy) is 1. The number of nitrogens with one attached hydrogen (secondary N) is 1. The third-order valence-electron chi connectivity index (χ3n) is 2.48. The Labute approximate surface area is 115 Å². The molecule has 4 nitrogen and oxygen atoms in total. The van der Waals surface area contributed by atoms with E-state index in [1.165, 1.54) is 7.11 Å². The number of methoxy groups -OCH3 is 1. The molecule has 0 fully saturated rings. The van der Waals surface area contributed by atoms with E-state index in [4.69, 9.17) is 9.84 Å². The molecule has 100 valence electrons. The summed E-state index contributed by atoms with van der Waals surface area (Å²) in [6.45, 7) is 0.204. The Balaban J connectivity index is 2.36. The number of rotatable bonds is 7. The van der Waals surface area contributed by atoms with Gasteiger partial charge in [-0.25, -0.2) is 0 Å². The highest BCUT2D eigenvalue weighted by Gasteiger charge is 2.10. The summed E-state index contributed by atoms with van der Waals surface area (Å²) in [5.74, 6) is -0.0777. The molecule has 1 atom stereocenters. The zero-order valence-corrected chi connectivity index (χ0v) is 11.9. The average Bonchev–Trinajstić information content (AvgIpc) is 2.36. The van der Waals surface area contributed by atoms with Crippen LogP contribution < -0.4 is 5.32 Å². The van der Waals surface area contributed by atoms with Gasteiger partial charge in [-0.1, -0.05) is 28.1 Å². The molecule has 1 aromatic rings. The topological polar surface area (TPSA) is 58.6 Å². The second-order valence-corrected chi connectivity index (χ2v) is 4.95. The van der Waals surface area contributed by atoms with Crippen molar-refractivity contribution in [3.63, 3.8) is 0 Å². The van der Waals surface area contributed by atoms with Gasteiger partial charge in [0.05, 0.1) is 19.3 Å². The SMILES string of the molecule is COCC(CO)NC(=O)CCc1cccc(Br)c1. The number of carbonyl (C=O) groups excluding carboxylic acids is 1. The quantitative estimate of drug-likeness (QED) is 0.802. The van der Waals surface area contributed by atoms with Crippen LogP contribution in [0.15, 0.2) is 28.7 Å².